The first kappa shape index (κ1) is 9.53. The van der Waals surface area contributed by atoms with E-state index in [1.165, 1.54) is 0 Å². The molecule has 2 rings (SSSR count). The number of hydrogen-bond acceptors (Lipinski definition) is 2. The summed E-state index contributed by atoms with van der Waals surface area (Å²) in [6.07, 6.45) is 0.486. The van der Waals surface area contributed by atoms with Gasteiger partial charge in [-0.05, 0) is 12.1 Å². The number of halogens is 1. The monoisotopic (exact) mass is 297 g/mol. The number of rotatable bonds is 2. The molecule has 0 saturated carbocycles. The molecule has 2 aromatic rings. The highest BCUT2D eigenvalue weighted by Crippen LogP contribution is 2.31. The summed E-state index contributed by atoms with van der Waals surface area (Å²) in [7, 11) is 0. The van der Waals surface area contributed by atoms with Gasteiger partial charge in [0.25, 0.3) is 0 Å². The molecule has 0 amide bonds. The van der Waals surface area contributed by atoms with Crippen LogP contribution in [-0.2, 0) is 0 Å². The molecule has 2 nitrogen and oxygen atoms in total. The lowest BCUT2D eigenvalue weighted by Crippen LogP contribution is -1.82. The molecule has 1 atom stereocenters. The van der Waals surface area contributed by atoms with Crippen molar-refractivity contribution in [2.75, 3.05) is 0 Å². The third-order valence-electron chi connectivity index (χ3n) is 2.02. The number of furan rings is 1. The summed E-state index contributed by atoms with van der Waals surface area (Å²) in [6.45, 7) is 0. The summed E-state index contributed by atoms with van der Waals surface area (Å²) in [5, 5.41) is 9.68. The molecule has 1 aromatic heterocycles. The Kier molecular flexibility index (Phi) is 2.73. The van der Waals surface area contributed by atoms with Gasteiger partial charge in [0.05, 0.1) is 16.4 Å². The van der Waals surface area contributed by atoms with Gasteiger partial charge in [-0.15, -0.1) is 0 Å². The van der Waals surface area contributed by atoms with E-state index in [1.807, 2.05) is 30.3 Å². The zero-order valence-electron chi connectivity index (χ0n) is 7.40. The Balaban J connectivity index is 2.41. The highest BCUT2D eigenvalue weighted by atomic mass is 127. The standard InChI is InChI=1S/C11H8INO/c12-9(5-6-13)11-7-8-3-1-2-4-10(8)14-11/h1-4,7,9H,5H2. The number of benzene rings is 1. The minimum atomic E-state index is 0.144. The summed E-state index contributed by atoms with van der Waals surface area (Å²) in [4.78, 5) is 0. The van der Waals surface area contributed by atoms with Gasteiger partial charge in [-0.3, -0.25) is 0 Å². The molecule has 0 fully saturated rings. The molecule has 0 radical (unpaired) electrons. The maximum Gasteiger partial charge on any atom is 0.134 e. The molecule has 0 bridgehead atoms. The summed E-state index contributed by atoms with van der Waals surface area (Å²) >= 11 is 2.23. The van der Waals surface area contributed by atoms with Crippen molar-refractivity contribution in [3.8, 4) is 6.07 Å². The Morgan fingerprint density at radius 2 is 2.21 bits per heavy atom. The molecule has 0 aliphatic heterocycles. The van der Waals surface area contributed by atoms with Crippen LogP contribution in [0.1, 0.15) is 16.1 Å². The molecular formula is C11H8INO. The average molecular weight is 297 g/mol. The molecule has 0 spiro atoms. The van der Waals surface area contributed by atoms with Crippen molar-refractivity contribution in [3.63, 3.8) is 0 Å². The van der Waals surface area contributed by atoms with Crippen LogP contribution >= 0.6 is 22.6 Å². The van der Waals surface area contributed by atoms with E-state index in [4.69, 9.17) is 9.68 Å². The molecule has 0 N–H and O–H groups in total. The van der Waals surface area contributed by atoms with Crippen LogP contribution in [0.25, 0.3) is 11.0 Å². The normalized spacial score (nSPS) is 12.6. The Bertz CT molecular complexity index is 450. The van der Waals surface area contributed by atoms with E-state index in [1.54, 1.807) is 0 Å². The van der Waals surface area contributed by atoms with Gasteiger partial charge < -0.3 is 4.42 Å². The number of alkyl halides is 1. The quantitative estimate of drug-likeness (QED) is 0.624. The van der Waals surface area contributed by atoms with Gasteiger partial charge in [-0.1, -0.05) is 40.8 Å². The first-order valence-electron chi connectivity index (χ1n) is 4.31. The number of hydrogen-bond donors (Lipinski definition) is 0. The fourth-order valence-corrected chi connectivity index (χ4v) is 1.84. The summed E-state index contributed by atoms with van der Waals surface area (Å²) in [5.41, 5.74) is 0.891. The first-order valence-corrected chi connectivity index (χ1v) is 5.55. The average Bonchev–Trinajstić information content (AvgIpc) is 2.61. The first-order chi connectivity index (χ1) is 6.81. The lowest BCUT2D eigenvalue weighted by Gasteiger charge is -1.98. The second-order valence-electron chi connectivity index (χ2n) is 3.02. The Hall–Kier alpha value is -1.02. The number of para-hydroxylation sites is 1. The van der Waals surface area contributed by atoms with Crippen LogP contribution in [0.3, 0.4) is 0 Å². The van der Waals surface area contributed by atoms with Crippen LogP contribution in [0, 0.1) is 11.3 Å². The van der Waals surface area contributed by atoms with Crippen LogP contribution in [0.2, 0.25) is 0 Å². The van der Waals surface area contributed by atoms with Crippen molar-refractivity contribution < 1.29 is 4.42 Å². The Labute approximate surface area is 95.7 Å². The van der Waals surface area contributed by atoms with E-state index >= 15 is 0 Å². The molecule has 0 saturated heterocycles. The summed E-state index contributed by atoms with van der Waals surface area (Å²) in [5.74, 6) is 0.883. The number of fused-ring (bicyclic) bond motifs is 1. The number of nitrogens with zero attached hydrogens (tertiary/aromatic N) is 1. The lowest BCUT2D eigenvalue weighted by atomic mass is 10.2. The topological polar surface area (TPSA) is 36.9 Å². The third kappa shape index (κ3) is 1.75. The molecule has 70 valence electrons. The Morgan fingerprint density at radius 3 is 2.93 bits per heavy atom. The predicted molar refractivity (Wildman–Crippen MR) is 63.2 cm³/mol. The fraction of sp³-hybridized carbons (Fsp3) is 0.182. The van der Waals surface area contributed by atoms with Gasteiger partial charge >= 0.3 is 0 Å². The zero-order chi connectivity index (χ0) is 9.97. The van der Waals surface area contributed by atoms with Gasteiger partial charge in [0.15, 0.2) is 0 Å². The second-order valence-corrected chi connectivity index (χ2v) is 4.52. The van der Waals surface area contributed by atoms with E-state index in [9.17, 15) is 0 Å². The Morgan fingerprint density at radius 1 is 1.43 bits per heavy atom. The largest absolute Gasteiger partial charge is 0.460 e. The highest BCUT2D eigenvalue weighted by molar-refractivity contribution is 14.1. The van der Waals surface area contributed by atoms with Crippen LogP contribution < -0.4 is 0 Å². The van der Waals surface area contributed by atoms with Gasteiger partial charge in [0, 0.05) is 5.39 Å². The maximum atomic E-state index is 8.58. The third-order valence-corrected chi connectivity index (χ3v) is 3.08. The van der Waals surface area contributed by atoms with Gasteiger partial charge in [-0.2, -0.15) is 5.26 Å². The van der Waals surface area contributed by atoms with Crippen molar-refractivity contribution >= 4 is 33.6 Å². The van der Waals surface area contributed by atoms with Crippen LogP contribution in [0.15, 0.2) is 34.7 Å². The van der Waals surface area contributed by atoms with E-state index < -0.39 is 0 Å². The van der Waals surface area contributed by atoms with E-state index in [2.05, 4.69) is 28.7 Å². The SMILES string of the molecule is N#CCC(I)c1cc2ccccc2o1. The lowest BCUT2D eigenvalue weighted by molar-refractivity contribution is 0.552. The fourth-order valence-electron chi connectivity index (χ4n) is 1.34. The minimum absolute atomic E-state index is 0.144. The van der Waals surface area contributed by atoms with Crippen LogP contribution in [0.5, 0.6) is 0 Å². The van der Waals surface area contributed by atoms with Crippen molar-refractivity contribution in [3.05, 3.63) is 36.1 Å². The molecule has 3 heteroatoms. The van der Waals surface area contributed by atoms with E-state index in [0.29, 0.717) is 6.42 Å². The molecule has 14 heavy (non-hydrogen) atoms. The van der Waals surface area contributed by atoms with Crippen LogP contribution in [0.4, 0.5) is 0 Å². The zero-order valence-corrected chi connectivity index (χ0v) is 9.56. The minimum Gasteiger partial charge on any atom is -0.460 e. The smallest absolute Gasteiger partial charge is 0.134 e. The molecule has 0 aliphatic rings. The van der Waals surface area contributed by atoms with E-state index in [0.717, 1.165) is 16.7 Å². The molecular weight excluding hydrogens is 289 g/mol. The van der Waals surface area contributed by atoms with Gasteiger partial charge in [-0.25, -0.2) is 0 Å². The second kappa shape index (κ2) is 4.01. The molecule has 1 heterocycles. The van der Waals surface area contributed by atoms with Crippen molar-refractivity contribution in [1.82, 2.24) is 0 Å². The summed E-state index contributed by atoms with van der Waals surface area (Å²) in [6, 6.07) is 12.0. The molecule has 1 aromatic carbocycles. The molecule has 0 aliphatic carbocycles. The van der Waals surface area contributed by atoms with E-state index in [-0.39, 0.29) is 3.92 Å². The van der Waals surface area contributed by atoms with Crippen LogP contribution in [-0.4, -0.2) is 0 Å². The van der Waals surface area contributed by atoms with Gasteiger partial charge in [0.2, 0.25) is 0 Å². The van der Waals surface area contributed by atoms with Crippen molar-refractivity contribution in [2.45, 2.75) is 10.3 Å². The highest BCUT2D eigenvalue weighted by Gasteiger charge is 2.11. The maximum absolute atomic E-state index is 8.58. The van der Waals surface area contributed by atoms with Gasteiger partial charge in [0.1, 0.15) is 11.3 Å². The summed E-state index contributed by atoms with van der Waals surface area (Å²) < 4.78 is 5.77. The number of nitriles is 1. The molecule has 1 unspecified atom stereocenters. The van der Waals surface area contributed by atoms with Crippen molar-refractivity contribution in [2.24, 2.45) is 0 Å². The van der Waals surface area contributed by atoms with Crippen molar-refractivity contribution in [1.29, 1.82) is 5.26 Å². The predicted octanol–water partition coefficient (Wildman–Crippen LogP) is 3.82.